The van der Waals surface area contributed by atoms with E-state index in [0.29, 0.717) is 23.0 Å². The Bertz CT molecular complexity index is 812. The van der Waals surface area contributed by atoms with Gasteiger partial charge in [0.2, 0.25) is 0 Å². The molecule has 106 valence electrons. The predicted molar refractivity (Wildman–Crippen MR) is 82.7 cm³/mol. The lowest BCUT2D eigenvalue weighted by molar-refractivity contribution is 0.102. The number of hydrogen-bond acceptors (Lipinski definition) is 3. The minimum Gasteiger partial charge on any atom is -0.305 e. The number of H-pyrrole nitrogens is 1. The molecular weight excluding hydrogens is 288 g/mol. The highest BCUT2D eigenvalue weighted by Gasteiger charge is 2.12. The van der Waals surface area contributed by atoms with E-state index in [-0.39, 0.29) is 5.91 Å². The van der Waals surface area contributed by atoms with E-state index < -0.39 is 0 Å². The highest BCUT2D eigenvalue weighted by atomic mass is 35.5. The second kappa shape index (κ2) is 5.54. The molecule has 2 aromatic heterocycles. The molecule has 0 fully saturated rings. The molecule has 0 radical (unpaired) electrons. The number of nitrogens with zero attached hydrogens (tertiary/aromatic N) is 2. The molecule has 21 heavy (non-hydrogen) atoms. The Hall–Kier alpha value is -2.40. The smallest absolute Gasteiger partial charge is 0.257 e. The van der Waals surface area contributed by atoms with Gasteiger partial charge in [-0.25, -0.2) is 4.98 Å². The van der Waals surface area contributed by atoms with E-state index in [1.165, 1.54) is 0 Å². The summed E-state index contributed by atoms with van der Waals surface area (Å²) in [6.07, 6.45) is 0.714. The van der Waals surface area contributed by atoms with Crippen LogP contribution in [0.2, 0.25) is 5.15 Å². The van der Waals surface area contributed by atoms with E-state index >= 15 is 0 Å². The largest absolute Gasteiger partial charge is 0.305 e. The van der Waals surface area contributed by atoms with Crippen molar-refractivity contribution in [2.75, 3.05) is 5.32 Å². The Morgan fingerprint density at radius 2 is 2.14 bits per heavy atom. The van der Waals surface area contributed by atoms with Crippen molar-refractivity contribution < 1.29 is 4.79 Å². The topological polar surface area (TPSA) is 70.7 Å². The Morgan fingerprint density at radius 1 is 1.33 bits per heavy atom. The summed E-state index contributed by atoms with van der Waals surface area (Å²) in [6, 6.07) is 10.9. The SMILES string of the molecule is CCc1cc(C(=O)Nc2n[nH]c3ccccc23)cc(Cl)n1. The van der Waals surface area contributed by atoms with Gasteiger partial charge in [-0.15, -0.1) is 0 Å². The summed E-state index contributed by atoms with van der Waals surface area (Å²) in [5, 5.41) is 11.0. The first-order valence-electron chi connectivity index (χ1n) is 6.58. The molecule has 0 bridgehead atoms. The number of benzene rings is 1. The first-order valence-corrected chi connectivity index (χ1v) is 6.96. The van der Waals surface area contributed by atoms with Gasteiger partial charge in [0.25, 0.3) is 5.91 Å². The number of carbonyl (C=O) groups is 1. The van der Waals surface area contributed by atoms with Crippen LogP contribution in [-0.4, -0.2) is 21.1 Å². The standard InChI is InChI=1S/C15H13ClN4O/c1-2-10-7-9(8-13(16)17-10)15(21)18-14-11-5-3-4-6-12(11)19-20-14/h3-8H,2H2,1H3,(H2,18,19,20,21). The summed E-state index contributed by atoms with van der Waals surface area (Å²) in [6.45, 7) is 1.96. The Kier molecular flexibility index (Phi) is 3.58. The first kappa shape index (κ1) is 13.6. The number of halogens is 1. The molecular formula is C15H13ClN4O. The average Bonchev–Trinajstić information content (AvgIpc) is 2.90. The van der Waals surface area contributed by atoms with Crippen LogP contribution in [0, 0.1) is 0 Å². The van der Waals surface area contributed by atoms with E-state index in [9.17, 15) is 4.79 Å². The predicted octanol–water partition coefficient (Wildman–Crippen LogP) is 3.43. The van der Waals surface area contributed by atoms with Crippen molar-refractivity contribution in [3.8, 4) is 0 Å². The van der Waals surface area contributed by atoms with Crippen LogP contribution in [0.3, 0.4) is 0 Å². The van der Waals surface area contributed by atoms with Crippen molar-refractivity contribution in [3.05, 3.63) is 52.8 Å². The third-order valence-electron chi connectivity index (χ3n) is 3.17. The number of para-hydroxylation sites is 1. The zero-order chi connectivity index (χ0) is 14.8. The van der Waals surface area contributed by atoms with Gasteiger partial charge in [-0.2, -0.15) is 5.10 Å². The van der Waals surface area contributed by atoms with Gasteiger partial charge in [0.15, 0.2) is 5.82 Å². The highest BCUT2D eigenvalue weighted by Crippen LogP contribution is 2.20. The number of hydrogen-bond donors (Lipinski definition) is 2. The van der Waals surface area contributed by atoms with Gasteiger partial charge in [0, 0.05) is 16.6 Å². The number of aryl methyl sites for hydroxylation is 1. The molecule has 0 aliphatic heterocycles. The van der Waals surface area contributed by atoms with E-state index in [2.05, 4.69) is 20.5 Å². The summed E-state index contributed by atoms with van der Waals surface area (Å²) in [4.78, 5) is 16.5. The maximum absolute atomic E-state index is 12.3. The van der Waals surface area contributed by atoms with Gasteiger partial charge in [-0.3, -0.25) is 9.89 Å². The van der Waals surface area contributed by atoms with Crippen LogP contribution in [0.4, 0.5) is 5.82 Å². The fourth-order valence-electron chi connectivity index (χ4n) is 2.10. The van der Waals surface area contributed by atoms with E-state index in [0.717, 1.165) is 16.6 Å². The molecule has 0 unspecified atom stereocenters. The number of aromatic amines is 1. The monoisotopic (exact) mass is 300 g/mol. The number of nitrogens with one attached hydrogen (secondary N) is 2. The van der Waals surface area contributed by atoms with Crippen LogP contribution in [0.1, 0.15) is 23.0 Å². The molecule has 1 aromatic carbocycles. The van der Waals surface area contributed by atoms with E-state index in [1.807, 2.05) is 31.2 Å². The normalized spacial score (nSPS) is 10.8. The number of aromatic nitrogens is 3. The number of anilines is 1. The van der Waals surface area contributed by atoms with E-state index in [4.69, 9.17) is 11.6 Å². The second-order valence-electron chi connectivity index (χ2n) is 4.60. The molecule has 0 saturated carbocycles. The lowest BCUT2D eigenvalue weighted by Crippen LogP contribution is -2.13. The first-order chi connectivity index (χ1) is 10.2. The number of fused-ring (bicyclic) bond motifs is 1. The molecule has 2 heterocycles. The van der Waals surface area contributed by atoms with Gasteiger partial charge in [-0.05, 0) is 30.7 Å². The van der Waals surface area contributed by atoms with Crippen molar-refractivity contribution in [2.24, 2.45) is 0 Å². The lowest BCUT2D eigenvalue weighted by atomic mass is 10.2. The molecule has 0 saturated heterocycles. The van der Waals surface area contributed by atoms with Crippen molar-refractivity contribution in [2.45, 2.75) is 13.3 Å². The van der Waals surface area contributed by atoms with Crippen LogP contribution < -0.4 is 5.32 Å². The van der Waals surface area contributed by atoms with Crippen LogP contribution in [0.15, 0.2) is 36.4 Å². The molecule has 5 nitrogen and oxygen atoms in total. The zero-order valence-electron chi connectivity index (χ0n) is 11.4. The number of rotatable bonds is 3. The summed E-state index contributed by atoms with van der Waals surface area (Å²) in [5.41, 5.74) is 2.12. The van der Waals surface area contributed by atoms with Crippen LogP contribution in [0.25, 0.3) is 10.9 Å². The molecule has 3 rings (SSSR count). The van der Waals surface area contributed by atoms with Crippen molar-refractivity contribution in [3.63, 3.8) is 0 Å². The van der Waals surface area contributed by atoms with Gasteiger partial charge < -0.3 is 5.32 Å². The van der Waals surface area contributed by atoms with E-state index in [1.54, 1.807) is 12.1 Å². The van der Waals surface area contributed by atoms with Crippen molar-refractivity contribution in [1.82, 2.24) is 15.2 Å². The van der Waals surface area contributed by atoms with Crippen molar-refractivity contribution >= 4 is 34.2 Å². The summed E-state index contributed by atoms with van der Waals surface area (Å²) in [5.74, 6) is 0.243. The summed E-state index contributed by atoms with van der Waals surface area (Å²) >= 11 is 5.94. The molecule has 0 aliphatic rings. The highest BCUT2D eigenvalue weighted by molar-refractivity contribution is 6.29. The molecule has 0 atom stereocenters. The Morgan fingerprint density at radius 3 is 2.95 bits per heavy atom. The van der Waals surface area contributed by atoms with Crippen LogP contribution in [-0.2, 0) is 6.42 Å². The third kappa shape index (κ3) is 2.73. The fourth-order valence-corrected chi connectivity index (χ4v) is 2.33. The van der Waals surface area contributed by atoms with Gasteiger partial charge in [0.05, 0.1) is 5.52 Å². The average molecular weight is 301 g/mol. The number of amides is 1. The molecule has 1 amide bonds. The minimum atomic E-state index is -0.258. The van der Waals surface area contributed by atoms with Gasteiger partial charge in [0.1, 0.15) is 5.15 Å². The molecule has 6 heteroatoms. The lowest BCUT2D eigenvalue weighted by Gasteiger charge is -2.05. The zero-order valence-corrected chi connectivity index (χ0v) is 12.1. The quantitative estimate of drug-likeness (QED) is 0.728. The maximum atomic E-state index is 12.3. The van der Waals surface area contributed by atoms with Crippen LogP contribution >= 0.6 is 11.6 Å². The summed E-state index contributed by atoms with van der Waals surface area (Å²) in [7, 11) is 0. The molecule has 0 spiro atoms. The third-order valence-corrected chi connectivity index (χ3v) is 3.37. The Labute approximate surface area is 126 Å². The van der Waals surface area contributed by atoms with Gasteiger partial charge >= 0.3 is 0 Å². The molecule has 3 aromatic rings. The maximum Gasteiger partial charge on any atom is 0.257 e. The molecule has 0 aliphatic carbocycles. The summed E-state index contributed by atoms with van der Waals surface area (Å²) < 4.78 is 0. The fraction of sp³-hybridized carbons (Fsp3) is 0.133. The minimum absolute atomic E-state index is 0.258. The van der Waals surface area contributed by atoms with Crippen molar-refractivity contribution in [1.29, 1.82) is 0 Å². The van der Waals surface area contributed by atoms with Gasteiger partial charge in [-0.1, -0.05) is 30.7 Å². The number of carbonyl (C=O) groups excluding carboxylic acids is 1. The molecule has 2 N–H and O–H groups in total. The Balaban J connectivity index is 1.91. The second-order valence-corrected chi connectivity index (χ2v) is 4.98. The number of pyridine rings is 1. The van der Waals surface area contributed by atoms with Crippen LogP contribution in [0.5, 0.6) is 0 Å².